The summed E-state index contributed by atoms with van der Waals surface area (Å²) in [6, 6.07) is 0.798. The van der Waals surface area contributed by atoms with Gasteiger partial charge in [-0.3, -0.25) is 5.43 Å². The molecule has 2 aliphatic rings. The van der Waals surface area contributed by atoms with Crippen LogP contribution in [-0.4, -0.2) is 25.1 Å². The first-order valence-electron chi connectivity index (χ1n) is 6.73. The van der Waals surface area contributed by atoms with Gasteiger partial charge in [0.2, 0.25) is 0 Å². The fraction of sp³-hybridized carbons (Fsp3) is 1.00. The van der Waals surface area contributed by atoms with Crippen molar-refractivity contribution < 1.29 is 0 Å². The summed E-state index contributed by atoms with van der Waals surface area (Å²) in [7, 11) is 4.28. The van der Waals surface area contributed by atoms with Gasteiger partial charge in [-0.05, 0) is 31.7 Å². The van der Waals surface area contributed by atoms with E-state index in [1.807, 2.05) is 0 Å². The standard InChI is InChI=1S/C13H26N2/c1-14-15(2)13-10-6-5-9-12(13)11-7-3-4-8-11/h11-14H,3-10H2,1-2H3. The summed E-state index contributed by atoms with van der Waals surface area (Å²) < 4.78 is 0. The molecule has 0 heterocycles. The number of nitrogens with one attached hydrogen (secondary N) is 1. The predicted octanol–water partition coefficient (Wildman–Crippen LogP) is 2.80. The molecule has 15 heavy (non-hydrogen) atoms. The Balaban J connectivity index is 1.98. The zero-order valence-corrected chi connectivity index (χ0v) is 10.3. The Kier molecular flexibility index (Phi) is 4.04. The Bertz CT molecular complexity index is 187. The lowest BCUT2D eigenvalue weighted by atomic mass is 9.75. The van der Waals surface area contributed by atoms with Crippen molar-refractivity contribution >= 4 is 0 Å². The first-order valence-corrected chi connectivity index (χ1v) is 6.73. The van der Waals surface area contributed by atoms with Crippen LogP contribution in [0.5, 0.6) is 0 Å². The molecule has 1 N–H and O–H groups in total. The van der Waals surface area contributed by atoms with E-state index >= 15 is 0 Å². The van der Waals surface area contributed by atoms with E-state index in [1.54, 1.807) is 0 Å². The molecule has 2 rings (SSSR count). The van der Waals surface area contributed by atoms with Gasteiger partial charge in [0.25, 0.3) is 0 Å². The maximum atomic E-state index is 3.32. The van der Waals surface area contributed by atoms with Gasteiger partial charge in [0, 0.05) is 13.1 Å². The van der Waals surface area contributed by atoms with E-state index < -0.39 is 0 Å². The molecule has 88 valence electrons. The van der Waals surface area contributed by atoms with Gasteiger partial charge in [0.05, 0.1) is 0 Å². The minimum Gasteiger partial charge on any atom is -0.258 e. The molecule has 2 nitrogen and oxygen atoms in total. The molecule has 2 saturated carbocycles. The van der Waals surface area contributed by atoms with E-state index in [0.717, 1.165) is 17.9 Å². The largest absolute Gasteiger partial charge is 0.258 e. The molecule has 0 amide bonds. The average Bonchev–Trinajstić information content (AvgIpc) is 2.81. The molecular formula is C13H26N2. The van der Waals surface area contributed by atoms with Crippen LogP contribution in [0.25, 0.3) is 0 Å². The van der Waals surface area contributed by atoms with Crippen molar-refractivity contribution in [2.75, 3.05) is 14.1 Å². The van der Waals surface area contributed by atoms with Crippen molar-refractivity contribution in [3.05, 3.63) is 0 Å². The van der Waals surface area contributed by atoms with E-state index in [1.165, 1.54) is 51.4 Å². The molecular weight excluding hydrogens is 184 g/mol. The monoisotopic (exact) mass is 210 g/mol. The van der Waals surface area contributed by atoms with E-state index in [2.05, 4.69) is 24.5 Å². The smallest absolute Gasteiger partial charge is 0.0271 e. The fourth-order valence-corrected chi connectivity index (χ4v) is 3.72. The third kappa shape index (κ3) is 2.54. The van der Waals surface area contributed by atoms with Crippen molar-refractivity contribution in [3.8, 4) is 0 Å². The molecule has 0 aromatic heterocycles. The molecule has 2 heteroatoms. The maximum Gasteiger partial charge on any atom is 0.0271 e. The van der Waals surface area contributed by atoms with Crippen molar-refractivity contribution in [1.82, 2.24) is 10.4 Å². The lowest BCUT2D eigenvalue weighted by Crippen LogP contribution is -2.47. The van der Waals surface area contributed by atoms with Gasteiger partial charge < -0.3 is 0 Å². The molecule has 2 aliphatic carbocycles. The van der Waals surface area contributed by atoms with E-state index in [9.17, 15) is 0 Å². The zero-order valence-electron chi connectivity index (χ0n) is 10.3. The van der Waals surface area contributed by atoms with Gasteiger partial charge in [-0.1, -0.05) is 38.5 Å². The first-order chi connectivity index (χ1) is 7.33. The molecule has 0 aromatic carbocycles. The Morgan fingerprint density at radius 2 is 1.53 bits per heavy atom. The maximum absolute atomic E-state index is 3.32. The van der Waals surface area contributed by atoms with Gasteiger partial charge in [-0.25, -0.2) is 5.01 Å². The van der Waals surface area contributed by atoms with Crippen LogP contribution >= 0.6 is 0 Å². The highest BCUT2D eigenvalue weighted by atomic mass is 15.5. The minimum atomic E-state index is 0.798. The lowest BCUT2D eigenvalue weighted by Gasteiger charge is -2.40. The van der Waals surface area contributed by atoms with Crippen molar-refractivity contribution in [2.45, 2.75) is 57.4 Å². The summed E-state index contributed by atoms with van der Waals surface area (Å²) >= 11 is 0. The number of rotatable bonds is 3. The van der Waals surface area contributed by atoms with Crippen LogP contribution in [0.15, 0.2) is 0 Å². The number of nitrogens with zero attached hydrogens (tertiary/aromatic N) is 1. The first kappa shape index (κ1) is 11.4. The molecule has 0 aliphatic heterocycles. The summed E-state index contributed by atoms with van der Waals surface area (Å²) in [4.78, 5) is 0. The minimum absolute atomic E-state index is 0.798. The van der Waals surface area contributed by atoms with Gasteiger partial charge in [0.15, 0.2) is 0 Å². The summed E-state index contributed by atoms with van der Waals surface area (Å²) in [5.74, 6) is 2.00. The van der Waals surface area contributed by atoms with Gasteiger partial charge in [0.1, 0.15) is 0 Å². The second-order valence-electron chi connectivity index (χ2n) is 5.39. The Hall–Kier alpha value is -0.0800. The highest BCUT2D eigenvalue weighted by Gasteiger charge is 2.34. The molecule has 0 bridgehead atoms. The molecule has 0 radical (unpaired) electrons. The van der Waals surface area contributed by atoms with Crippen molar-refractivity contribution in [1.29, 1.82) is 0 Å². The molecule has 2 fully saturated rings. The van der Waals surface area contributed by atoms with Gasteiger partial charge in [-0.2, -0.15) is 0 Å². The fourth-order valence-electron chi connectivity index (χ4n) is 3.72. The average molecular weight is 210 g/mol. The van der Waals surface area contributed by atoms with Crippen molar-refractivity contribution in [2.24, 2.45) is 11.8 Å². The topological polar surface area (TPSA) is 15.3 Å². The zero-order chi connectivity index (χ0) is 10.7. The molecule has 0 saturated heterocycles. The lowest BCUT2D eigenvalue weighted by molar-refractivity contribution is 0.0610. The Morgan fingerprint density at radius 3 is 2.20 bits per heavy atom. The van der Waals surface area contributed by atoms with Crippen LogP contribution in [0.1, 0.15) is 51.4 Å². The number of hydrazine groups is 1. The van der Waals surface area contributed by atoms with Crippen LogP contribution in [0, 0.1) is 11.8 Å². The predicted molar refractivity (Wildman–Crippen MR) is 64.5 cm³/mol. The van der Waals surface area contributed by atoms with Crippen LogP contribution in [0.4, 0.5) is 0 Å². The van der Waals surface area contributed by atoms with E-state index in [-0.39, 0.29) is 0 Å². The number of hydrogen-bond acceptors (Lipinski definition) is 2. The highest BCUT2D eigenvalue weighted by molar-refractivity contribution is 4.87. The third-order valence-corrected chi connectivity index (χ3v) is 4.64. The quantitative estimate of drug-likeness (QED) is 0.721. The Labute approximate surface area is 94.4 Å². The van der Waals surface area contributed by atoms with Crippen molar-refractivity contribution in [3.63, 3.8) is 0 Å². The Morgan fingerprint density at radius 1 is 0.933 bits per heavy atom. The van der Waals surface area contributed by atoms with Crippen LogP contribution in [-0.2, 0) is 0 Å². The van der Waals surface area contributed by atoms with Crippen LogP contribution in [0.3, 0.4) is 0 Å². The third-order valence-electron chi connectivity index (χ3n) is 4.64. The SMILES string of the molecule is CNN(C)C1CCCCC1C1CCCC1. The molecule has 0 spiro atoms. The van der Waals surface area contributed by atoms with Crippen LogP contribution in [0.2, 0.25) is 0 Å². The summed E-state index contributed by atoms with van der Waals surface area (Å²) in [5, 5.41) is 2.36. The highest BCUT2D eigenvalue weighted by Crippen LogP contribution is 2.40. The number of hydrogen-bond donors (Lipinski definition) is 1. The van der Waals surface area contributed by atoms with Gasteiger partial charge >= 0.3 is 0 Å². The van der Waals surface area contributed by atoms with E-state index in [4.69, 9.17) is 0 Å². The molecule has 2 atom stereocenters. The van der Waals surface area contributed by atoms with Gasteiger partial charge in [-0.15, -0.1) is 0 Å². The summed E-state index contributed by atoms with van der Waals surface area (Å²) in [5.41, 5.74) is 3.32. The summed E-state index contributed by atoms with van der Waals surface area (Å²) in [6.07, 6.45) is 11.7. The second-order valence-corrected chi connectivity index (χ2v) is 5.39. The second kappa shape index (κ2) is 5.31. The van der Waals surface area contributed by atoms with E-state index in [0.29, 0.717) is 0 Å². The summed E-state index contributed by atoms with van der Waals surface area (Å²) in [6.45, 7) is 0. The normalized spacial score (nSPS) is 33.8. The molecule has 2 unspecified atom stereocenters. The van der Waals surface area contributed by atoms with Crippen LogP contribution < -0.4 is 5.43 Å². The molecule has 0 aromatic rings.